The zero-order valence-electron chi connectivity index (χ0n) is 9.84. The molecule has 0 aromatic heterocycles. The Morgan fingerprint density at radius 2 is 1.64 bits per heavy atom. The topological polar surface area (TPSA) is 29.3 Å². The van der Waals surface area contributed by atoms with Gasteiger partial charge >= 0.3 is 0 Å². The quantitative estimate of drug-likeness (QED) is 0.735. The van der Waals surface area contributed by atoms with Crippen LogP contribution >= 0.6 is 0 Å². The Morgan fingerprint density at radius 1 is 1.07 bits per heavy atom. The summed E-state index contributed by atoms with van der Waals surface area (Å²) in [5.74, 6) is 0. The van der Waals surface area contributed by atoms with Crippen molar-refractivity contribution >= 4 is 0 Å². The highest BCUT2D eigenvalue weighted by molar-refractivity contribution is 4.85. The summed E-state index contributed by atoms with van der Waals surface area (Å²) < 4.78 is 0. The van der Waals surface area contributed by atoms with Crippen LogP contribution in [0.4, 0.5) is 0 Å². The van der Waals surface area contributed by atoms with Gasteiger partial charge in [-0.15, -0.1) is 0 Å². The first-order valence-electron chi connectivity index (χ1n) is 6.29. The van der Waals surface area contributed by atoms with Crippen molar-refractivity contribution in [3.63, 3.8) is 0 Å². The van der Waals surface area contributed by atoms with Crippen molar-refractivity contribution in [2.75, 3.05) is 13.1 Å². The van der Waals surface area contributed by atoms with E-state index < -0.39 is 0 Å². The number of hydrogen-bond acceptors (Lipinski definition) is 2. The Morgan fingerprint density at radius 3 is 2.14 bits per heavy atom. The summed E-state index contributed by atoms with van der Waals surface area (Å²) >= 11 is 0. The van der Waals surface area contributed by atoms with E-state index in [-0.39, 0.29) is 0 Å². The van der Waals surface area contributed by atoms with Gasteiger partial charge in [0.05, 0.1) is 0 Å². The lowest BCUT2D eigenvalue weighted by Crippen LogP contribution is -2.50. The summed E-state index contributed by atoms with van der Waals surface area (Å²) in [6, 6.07) is 1.10. The van der Waals surface area contributed by atoms with Crippen molar-refractivity contribution in [3.05, 3.63) is 0 Å². The maximum atomic E-state index is 6.20. The third-order valence-electron chi connectivity index (χ3n) is 3.27. The zero-order chi connectivity index (χ0) is 10.4. The molecular weight excluding hydrogens is 172 g/mol. The molecular formula is C12H26N2. The average Bonchev–Trinajstić information content (AvgIpc) is 2.18. The van der Waals surface area contributed by atoms with E-state index in [0.29, 0.717) is 12.1 Å². The van der Waals surface area contributed by atoms with Crippen LogP contribution in [0, 0.1) is 0 Å². The van der Waals surface area contributed by atoms with E-state index in [1.165, 1.54) is 51.6 Å². The molecule has 1 fully saturated rings. The van der Waals surface area contributed by atoms with Gasteiger partial charge in [-0.2, -0.15) is 0 Å². The number of nitrogens with two attached hydrogens (primary N) is 1. The van der Waals surface area contributed by atoms with Crippen LogP contribution in [-0.2, 0) is 0 Å². The molecule has 0 bridgehead atoms. The monoisotopic (exact) mass is 198 g/mol. The molecule has 0 saturated heterocycles. The SMILES string of the molecule is CCCN(CCC)C1CCCCC1N. The lowest BCUT2D eigenvalue weighted by Gasteiger charge is -2.38. The standard InChI is InChI=1S/C12H26N2/c1-3-9-14(10-4-2)12-8-6-5-7-11(12)13/h11-12H,3-10,13H2,1-2H3. The summed E-state index contributed by atoms with van der Waals surface area (Å²) in [6.07, 6.45) is 7.77. The first-order valence-corrected chi connectivity index (χ1v) is 6.29. The largest absolute Gasteiger partial charge is 0.326 e. The van der Waals surface area contributed by atoms with E-state index in [1.54, 1.807) is 0 Å². The van der Waals surface area contributed by atoms with Gasteiger partial charge in [0.15, 0.2) is 0 Å². The van der Waals surface area contributed by atoms with E-state index in [2.05, 4.69) is 18.7 Å². The van der Waals surface area contributed by atoms with Crippen LogP contribution in [0.2, 0.25) is 0 Å². The van der Waals surface area contributed by atoms with E-state index in [1.807, 2.05) is 0 Å². The molecule has 0 aromatic carbocycles. The maximum absolute atomic E-state index is 6.20. The average molecular weight is 198 g/mol. The molecule has 1 rings (SSSR count). The van der Waals surface area contributed by atoms with E-state index in [9.17, 15) is 0 Å². The molecule has 0 heterocycles. The van der Waals surface area contributed by atoms with Crippen molar-refractivity contribution < 1.29 is 0 Å². The predicted octanol–water partition coefficient (Wildman–Crippen LogP) is 2.38. The molecule has 2 N–H and O–H groups in total. The minimum absolute atomic E-state index is 0.432. The van der Waals surface area contributed by atoms with Crippen molar-refractivity contribution in [2.45, 2.75) is 64.5 Å². The van der Waals surface area contributed by atoms with Crippen molar-refractivity contribution in [1.29, 1.82) is 0 Å². The smallest absolute Gasteiger partial charge is 0.0247 e. The Labute approximate surface area is 88.8 Å². The predicted molar refractivity (Wildman–Crippen MR) is 62.4 cm³/mol. The van der Waals surface area contributed by atoms with Gasteiger partial charge in [-0.1, -0.05) is 26.7 Å². The molecule has 1 saturated carbocycles. The molecule has 2 unspecified atom stereocenters. The molecule has 2 atom stereocenters. The lowest BCUT2D eigenvalue weighted by molar-refractivity contribution is 0.137. The van der Waals surface area contributed by atoms with Gasteiger partial charge in [0, 0.05) is 12.1 Å². The summed E-state index contributed by atoms with van der Waals surface area (Å²) in [4.78, 5) is 2.61. The van der Waals surface area contributed by atoms with Crippen LogP contribution in [-0.4, -0.2) is 30.1 Å². The van der Waals surface area contributed by atoms with E-state index in [0.717, 1.165) is 0 Å². The van der Waals surface area contributed by atoms with Gasteiger partial charge in [0.1, 0.15) is 0 Å². The minimum Gasteiger partial charge on any atom is -0.326 e. The third-order valence-corrected chi connectivity index (χ3v) is 3.27. The fraction of sp³-hybridized carbons (Fsp3) is 1.00. The second-order valence-electron chi connectivity index (χ2n) is 4.55. The molecule has 0 aromatic rings. The van der Waals surface area contributed by atoms with Gasteiger partial charge in [-0.3, -0.25) is 4.90 Å². The van der Waals surface area contributed by atoms with Crippen LogP contribution in [0.15, 0.2) is 0 Å². The maximum Gasteiger partial charge on any atom is 0.0247 e. The normalized spacial score (nSPS) is 28.3. The van der Waals surface area contributed by atoms with E-state index in [4.69, 9.17) is 5.73 Å². The van der Waals surface area contributed by atoms with E-state index >= 15 is 0 Å². The summed E-state index contributed by atoms with van der Waals surface area (Å²) in [5.41, 5.74) is 6.20. The molecule has 2 nitrogen and oxygen atoms in total. The minimum atomic E-state index is 0.432. The molecule has 0 spiro atoms. The van der Waals surface area contributed by atoms with Gasteiger partial charge in [-0.05, 0) is 38.8 Å². The molecule has 0 aliphatic heterocycles. The molecule has 14 heavy (non-hydrogen) atoms. The summed E-state index contributed by atoms with van der Waals surface area (Å²) in [5, 5.41) is 0. The molecule has 0 radical (unpaired) electrons. The Hall–Kier alpha value is -0.0800. The molecule has 1 aliphatic rings. The van der Waals surface area contributed by atoms with Crippen LogP contribution in [0.3, 0.4) is 0 Å². The first kappa shape index (κ1) is 12.0. The highest BCUT2D eigenvalue weighted by atomic mass is 15.2. The van der Waals surface area contributed by atoms with Crippen molar-refractivity contribution in [3.8, 4) is 0 Å². The highest BCUT2D eigenvalue weighted by Crippen LogP contribution is 2.22. The van der Waals surface area contributed by atoms with Crippen molar-refractivity contribution in [1.82, 2.24) is 4.90 Å². The summed E-state index contributed by atoms with van der Waals surface area (Å²) in [7, 11) is 0. The van der Waals surface area contributed by atoms with Crippen LogP contribution in [0.5, 0.6) is 0 Å². The second-order valence-corrected chi connectivity index (χ2v) is 4.55. The zero-order valence-corrected chi connectivity index (χ0v) is 9.84. The molecule has 2 heteroatoms. The molecule has 1 aliphatic carbocycles. The van der Waals surface area contributed by atoms with Gasteiger partial charge in [0.25, 0.3) is 0 Å². The second kappa shape index (κ2) is 6.41. The fourth-order valence-electron chi connectivity index (χ4n) is 2.61. The van der Waals surface area contributed by atoms with Crippen LogP contribution in [0.25, 0.3) is 0 Å². The summed E-state index contributed by atoms with van der Waals surface area (Å²) in [6.45, 7) is 6.98. The molecule has 0 amide bonds. The fourth-order valence-corrected chi connectivity index (χ4v) is 2.61. The molecule has 84 valence electrons. The van der Waals surface area contributed by atoms with Crippen LogP contribution < -0.4 is 5.73 Å². The number of nitrogens with zero attached hydrogens (tertiary/aromatic N) is 1. The number of rotatable bonds is 5. The van der Waals surface area contributed by atoms with Crippen molar-refractivity contribution in [2.24, 2.45) is 5.73 Å². The Kier molecular flexibility index (Phi) is 5.49. The van der Waals surface area contributed by atoms with Crippen LogP contribution in [0.1, 0.15) is 52.4 Å². The first-order chi connectivity index (χ1) is 6.79. The van der Waals surface area contributed by atoms with Gasteiger partial charge in [0.2, 0.25) is 0 Å². The van der Waals surface area contributed by atoms with Gasteiger partial charge in [-0.25, -0.2) is 0 Å². The van der Waals surface area contributed by atoms with Gasteiger partial charge < -0.3 is 5.73 Å². The Bertz CT molecular complexity index is 141. The lowest BCUT2D eigenvalue weighted by atomic mass is 9.89. The Balaban J connectivity index is 2.46. The number of hydrogen-bond donors (Lipinski definition) is 1. The third kappa shape index (κ3) is 3.25. The highest BCUT2D eigenvalue weighted by Gasteiger charge is 2.26.